The standard InChI is InChI=1S/C27H35N3O2S/c1-19-10-8-11-20(2)29(19)16-6-3-7-17-30-23-14-4-5-15-24(23)32-25(27(30)31)21-12-9-13-22(18-21)26(28)33/h4-5,9,12-15,18-20,25H,3,6-8,10-11,16-17H2,1-2H3,(H2,28,33)/t19-,20+,25?. The molecule has 2 aromatic rings. The number of likely N-dealkylation sites (tertiary alicyclic amines) is 1. The van der Waals surface area contributed by atoms with Gasteiger partial charge in [-0.25, -0.2) is 0 Å². The number of anilines is 1. The van der Waals surface area contributed by atoms with Gasteiger partial charge in [-0.1, -0.05) is 55.4 Å². The number of benzene rings is 2. The molecule has 2 N–H and O–H groups in total. The summed E-state index contributed by atoms with van der Waals surface area (Å²) in [6.45, 7) is 6.54. The number of rotatable bonds is 8. The first-order chi connectivity index (χ1) is 16.0. The lowest BCUT2D eigenvalue weighted by Gasteiger charge is -2.39. The number of nitrogens with two attached hydrogens (primary N) is 1. The van der Waals surface area contributed by atoms with Gasteiger partial charge < -0.3 is 15.4 Å². The van der Waals surface area contributed by atoms with E-state index >= 15 is 0 Å². The van der Waals surface area contributed by atoms with Crippen LogP contribution in [0.2, 0.25) is 0 Å². The molecule has 1 fully saturated rings. The number of piperidine rings is 1. The lowest BCUT2D eigenvalue weighted by atomic mass is 9.97. The van der Waals surface area contributed by atoms with Crippen LogP contribution in [-0.2, 0) is 4.79 Å². The zero-order chi connectivity index (χ0) is 23.4. The van der Waals surface area contributed by atoms with Crippen LogP contribution < -0.4 is 15.4 Å². The summed E-state index contributed by atoms with van der Waals surface area (Å²) in [7, 11) is 0. The fraction of sp³-hybridized carbons (Fsp3) is 0.481. The van der Waals surface area contributed by atoms with Gasteiger partial charge in [0.2, 0.25) is 6.10 Å². The van der Waals surface area contributed by atoms with Crippen molar-refractivity contribution in [1.82, 2.24) is 4.90 Å². The fourth-order valence-corrected chi connectivity index (χ4v) is 5.30. The summed E-state index contributed by atoms with van der Waals surface area (Å²) in [4.78, 5) is 18.4. The third-order valence-corrected chi connectivity index (χ3v) is 7.27. The van der Waals surface area contributed by atoms with E-state index in [1.807, 2.05) is 53.4 Å². The van der Waals surface area contributed by atoms with Gasteiger partial charge in [0.1, 0.15) is 10.7 Å². The number of fused-ring (bicyclic) bond motifs is 1. The third kappa shape index (κ3) is 5.39. The zero-order valence-electron chi connectivity index (χ0n) is 19.7. The molecule has 33 heavy (non-hydrogen) atoms. The van der Waals surface area contributed by atoms with Crippen LogP contribution in [0.25, 0.3) is 0 Å². The minimum absolute atomic E-state index is 0.0351. The molecule has 1 unspecified atom stereocenters. The highest BCUT2D eigenvalue weighted by atomic mass is 32.1. The van der Waals surface area contributed by atoms with Gasteiger partial charge in [-0.3, -0.25) is 9.69 Å². The number of para-hydroxylation sites is 2. The van der Waals surface area contributed by atoms with E-state index in [1.54, 1.807) is 0 Å². The predicted octanol–water partition coefficient (Wildman–Crippen LogP) is 5.22. The van der Waals surface area contributed by atoms with Gasteiger partial charge in [-0.2, -0.15) is 0 Å². The van der Waals surface area contributed by atoms with Crippen molar-refractivity contribution in [3.63, 3.8) is 0 Å². The van der Waals surface area contributed by atoms with E-state index < -0.39 is 6.10 Å². The van der Waals surface area contributed by atoms with Crippen molar-refractivity contribution >= 4 is 28.8 Å². The number of thiocarbonyl (C=S) groups is 1. The van der Waals surface area contributed by atoms with Gasteiger partial charge in [0.15, 0.2) is 0 Å². The van der Waals surface area contributed by atoms with Crippen molar-refractivity contribution in [3.05, 3.63) is 59.7 Å². The van der Waals surface area contributed by atoms with E-state index in [0.717, 1.165) is 48.4 Å². The van der Waals surface area contributed by atoms with Crippen molar-refractivity contribution in [1.29, 1.82) is 0 Å². The van der Waals surface area contributed by atoms with Crippen LogP contribution in [-0.4, -0.2) is 41.0 Å². The molecule has 0 spiro atoms. The Morgan fingerprint density at radius 3 is 2.52 bits per heavy atom. The monoisotopic (exact) mass is 465 g/mol. The Hall–Kier alpha value is -2.44. The first-order valence-corrected chi connectivity index (χ1v) is 12.6. The number of unbranched alkanes of at least 4 members (excludes halogenated alkanes) is 2. The molecule has 6 heteroatoms. The lowest BCUT2D eigenvalue weighted by Crippen LogP contribution is -2.44. The van der Waals surface area contributed by atoms with Crippen LogP contribution in [0.4, 0.5) is 5.69 Å². The Morgan fingerprint density at radius 1 is 1.03 bits per heavy atom. The lowest BCUT2D eigenvalue weighted by molar-refractivity contribution is -0.126. The molecule has 176 valence electrons. The minimum Gasteiger partial charge on any atom is -0.474 e. The Labute approximate surface area is 202 Å². The highest BCUT2D eigenvalue weighted by Gasteiger charge is 2.35. The minimum atomic E-state index is -0.691. The van der Waals surface area contributed by atoms with Crippen molar-refractivity contribution in [2.75, 3.05) is 18.0 Å². The number of nitrogens with zero attached hydrogens (tertiary/aromatic N) is 2. The molecule has 0 aromatic heterocycles. The molecule has 0 saturated carbocycles. The molecular formula is C27H35N3O2S. The summed E-state index contributed by atoms with van der Waals surface area (Å²) in [6.07, 6.45) is 6.50. The van der Waals surface area contributed by atoms with Crippen LogP contribution in [0, 0.1) is 0 Å². The van der Waals surface area contributed by atoms with Gasteiger partial charge in [-0.15, -0.1) is 0 Å². The Bertz CT molecular complexity index is 985. The number of hydrogen-bond donors (Lipinski definition) is 1. The second-order valence-electron chi connectivity index (χ2n) is 9.37. The van der Waals surface area contributed by atoms with Crippen LogP contribution in [0.3, 0.4) is 0 Å². The van der Waals surface area contributed by atoms with E-state index in [4.69, 9.17) is 22.7 Å². The van der Waals surface area contributed by atoms with E-state index in [9.17, 15) is 4.79 Å². The summed E-state index contributed by atoms with van der Waals surface area (Å²) in [6, 6.07) is 16.6. The van der Waals surface area contributed by atoms with Crippen LogP contribution >= 0.6 is 12.2 Å². The third-order valence-electron chi connectivity index (χ3n) is 7.04. The van der Waals surface area contributed by atoms with Crippen molar-refractivity contribution in [2.45, 2.75) is 70.6 Å². The second kappa shape index (κ2) is 10.7. The largest absolute Gasteiger partial charge is 0.474 e. The maximum Gasteiger partial charge on any atom is 0.272 e. The molecule has 2 aliphatic rings. The predicted molar refractivity (Wildman–Crippen MR) is 138 cm³/mol. The van der Waals surface area contributed by atoms with Crippen LogP contribution in [0.1, 0.15) is 69.6 Å². The topological polar surface area (TPSA) is 58.8 Å². The molecule has 5 nitrogen and oxygen atoms in total. The zero-order valence-corrected chi connectivity index (χ0v) is 20.5. The fourth-order valence-electron chi connectivity index (χ4n) is 5.17. The number of carbonyl (C=O) groups is 1. The van der Waals surface area contributed by atoms with E-state index in [0.29, 0.717) is 23.6 Å². The smallest absolute Gasteiger partial charge is 0.272 e. The van der Waals surface area contributed by atoms with E-state index in [2.05, 4.69) is 18.7 Å². The van der Waals surface area contributed by atoms with Crippen LogP contribution in [0.15, 0.2) is 48.5 Å². The van der Waals surface area contributed by atoms with Crippen molar-refractivity contribution < 1.29 is 9.53 Å². The first kappa shape index (κ1) is 23.7. The van der Waals surface area contributed by atoms with Gasteiger partial charge in [0, 0.05) is 29.8 Å². The van der Waals surface area contributed by atoms with Crippen LogP contribution in [0.5, 0.6) is 5.75 Å². The summed E-state index contributed by atoms with van der Waals surface area (Å²) in [5.41, 5.74) is 8.17. The van der Waals surface area contributed by atoms with Gasteiger partial charge in [0.05, 0.1) is 5.69 Å². The molecule has 2 aromatic carbocycles. The van der Waals surface area contributed by atoms with E-state index in [-0.39, 0.29) is 5.91 Å². The molecule has 0 bridgehead atoms. The molecule has 0 radical (unpaired) electrons. The highest BCUT2D eigenvalue weighted by molar-refractivity contribution is 7.80. The molecule has 2 heterocycles. The number of carbonyl (C=O) groups excluding carboxylic acids is 1. The maximum absolute atomic E-state index is 13.5. The van der Waals surface area contributed by atoms with Gasteiger partial charge in [-0.05, 0) is 64.3 Å². The molecule has 4 rings (SSSR count). The summed E-state index contributed by atoms with van der Waals surface area (Å²) < 4.78 is 6.14. The van der Waals surface area contributed by atoms with Crippen molar-refractivity contribution in [3.8, 4) is 5.75 Å². The molecule has 3 atom stereocenters. The second-order valence-corrected chi connectivity index (χ2v) is 9.81. The van der Waals surface area contributed by atoms with E-state index in [1.165, 1.54) is 19.3 Å². The first-order valence-electron chi connectivity index (χ1n) is 12.2. The van der Waals surface area contributed by atoms with Gasteiger partial charge in [0.25, 0.3) is 5.91 Å². The average molecular weight is 466 g/mol. The SMILES string of the molecule is C[C@@H]1CCC[C@H](C)N1CCCCCN1C(=O)C(c2cccc(C(N)=S)c2)Oc2ccccc21. The highest BCUT2D eigenvalue weighted by Crippen LogP contribution is 2.39. The molecule has 0 aliphatic carbocycles. The van der Waals surface area contributed by atoms with Gasteiger partial charge >= 0.3 is 0 Å². The number of amides is 1. The Balaban J connectivity index is 1.42. The summed E-state index contributed by atoms with van der Waals surface area (Å²) in [5.74, 6) is 0.700. The molecule has 1 saturated heterocycles. The normalized spacial score (nSPS) is 23.2. The summed E-state index contributed by atoms with van der Waals surface area (Å²) in [5, 5.41) is 0. The number of hydrogen-bond acceptors (Lipinski definition) is 4. The average Bonchev–Trinajstić information content (AvgIpc) is 2.81. The summed E-state index contributed by atoms with van der Waals surface area (Å²) >= 11 is 5.12. The Morgan fingerprint density at radius 2 is 1.76 bits per heavy atom. The quantitative estimate of drug-likeness (QED) is 0.428. The molecule has 1 amide bonds. The Kier molecular flexibility index (Phi) is 7.66. The molecular weight excluding hydrogens is 430 g/mol. The number of ether oxygens (including phenoxy) is 1. The van der Waals surface area contributed by atoms with Crippen molar-refractivity contribution in [2.24, 2.45) is 5.73 Å². The maximum atomic E-state index is 13.5. The molecule has 2 aliphatic heterocycles.